The summed E-state index contributed by atoms with van der Waals surface area (Å²) in [5, 5.41) is 1.14. The van der Waals surface area contributed by atoms with Gasteiger partial charge in [-0.3, -0.25) is 9.59 Å². The zero-order chi connectivity index (χ0) is 19.9. The maximum absolute atomic E-state index is 12.9. The molecule has 2 aromatic rings. The summed E-state index contributed by atoms with van der Waals surface area (Å²) in [6, 6.07) is 8.17. The lowest BCUT2D eigenvalue weighted by atomic mass is 9.76. The number of para-hydroxylation sites is 1. The molecule has 1 unspecified atom stereocenters. The number of rotatable bonds is 4. The van der Waals surface area contributed by atoms with E-state index in [-0.39, 0.29) is 18.0 Å². The Balaban J connectivity index is 1.40. The number of amides is 1. The van der Waals surface area contributed by atoms with Crippen LogP contribution >= 0.6 is 0 Å². The number of nitrogens with zero attached hydrogens (tertiary/aromatic N) is 3. The molecule has 1 aromatic heterocycles. The topological polar surface area (TPSA) is 54.8 Å². The molecule has 6 nitrogen and oxygen atoms in total. The molecule has 0 N–H and O–H groups in total. The van der Waals surface area contributed by atoms with Crippen molar-refractivity contribution in [2.45, 2.75) is 31.8 Å². The highest BCUT2D eigenvalue weighted by Crippen LogP contribution is 2.43. The molecule has 1 amide bonds. The molecule has 0 aliphatic carbocycles. The molecule has 150 valence electrons. The summed E-state index contributed by atoms with van der Waals surface area (Å²) in [7, 11) is 6.00. The number of piperidine rings is 1. The van der Waals surface area contributed by atoms with E-state index in [1.807, 2.05) is 44.4 Å². The number of fused-ring (bicyclic) bond motifs is 1. The Kier molecular flexibility index (Phi) is 4.91. The molecule has 28 heavy (non-hydrogen) atoms. The molecule has 0 radical (unpaired) electrons. The molecule has 1 spiro atoms. The van der Waals surface area contributed by atoms with Crippen molar-refractivity contribution < 1.29 is 14.3 Å². The van der Waals surface area contributed by atoms with Gasteiger partial charge in [0.2, 0.25) is 5.91 Å². The summed E-state index contributed by atoms with van der Waals surface area (Å²) in [6.07, 6.45) is 4.61. The predicted octanol–water partition coefficient (Wildman–Crippen LogP) is 2.21. The van der Waals surface area contributed by atoms with Crippen LogP contribution in [0.15, 0.2) is 30.5 Å². The molecule has 0 bridgehead atoms. The van der Waals surface area contributed by atoms with Crippen LogP contribution in [0.4, 0.5) is 0 Å². The van der Waals surface area contributed by atoms with Crippen LogP contribution in [0.2, 0.25) is 0 Å². The van der Waals surface area contributed by atoms with Crippen molar-refractivity contribution in [2.75, 3.05) is 33.7 Å². The first-order valence-electron chi connectivity index (χ1n) is 10.0. The van der Waals surface area contributed by atoms with E-state index in [1.54, 1.807) is 0 Å². The summed E-state index contributed by atoms with van der Waals surface area (Å²) in [5.74, 6) is 0.0721. The lowest BCUT2D eigenvalue weighted by Crippen LogP contribution is -2.45. The third kappa shape index (κ3) is 3.41. The largest absolute Gasteiger partial charge is 0.461 e. The maximum atomic E-state index is 12.9. The van der Waals surface area contributed by atoms with E-state index in [1.165, 1.54) is 0 Å². The highest BCUT2D eigenvalue weighted by molar-refractivity contribution is 5.89. The van der Waals surface area contributed by atoms with Crippen molar-refractivity contribution in [3.8, 4) is 0 Å². The van der Waals surface area contributed by atoms with Gasteiger partial charge < -0.3 is 19.1 Å². The average molecular weight is 383 g/mol. The Morgan fingerprint density at radius 2 is 1.96 bits per heavy atom. The Bertz CT molecular complexity index is 894. The summed E-state index contributed by atoms with van der Waals surface area (Å²) >= 11 is 0. The van der Waals surface area contributed by atoms with Crippen molar-refractivity contribution in [2.24, 2.45) is 12.5 Å². The smallest absolute Gasteiger partial charge is 0.312 e. The number of hydrogen-bond donors (Lipinski definition) is 0. The van der Waals surface area contributed by atoms with Crippen molar-refractivity contribution in [3.05, 3.63) is 36.0 Å². The maximum Gasteiger partial charge on any atom is 0.312 e. The van der Waals surface area contributed by atoms with E-state index in [2.05, 4.69) is 21.6 Å². The molecule has 6 heteroatoms. The predicted molar refractivity (Wildman–Crippen MR) is 108 cm³/mol. The van der Waals surface area contributed by atoms with Crippen molar-refractivity contribution in [3.63, 3.8) is 0 Å². The molecular formula is C22H29N3O3. The third-order valence-corrected chi connectivity index (χ3v) is 6.29. The number of cyclic esters (lactones) is 1. The molecule has 1 aromatic carbocycles. The Hall–Kier alpha value is -2.34. The van der Waals surface area contributed by atoms with Gasteiger partial charge in [0.05, 0.1) is 11.8 Å². The molecule has 3 heterocycles. The van der Waals surface area contributed by atoms with E-state index in [0.29, 0.717) is 32.4 Å². The van der Waals surface area contributed by atoms with Crippen molar-refractivity contribution in [1.29, 1.82) is 0 Å². The summed E-state index contributed by atoms with van der Waals surface area (Å²) < 4.78 is 7.69. The average Bonchev–Trinajstić information content (AvgIpc) is 3.12. The molecule has 0 saturated carbocycles. The van der Waals surface area contributed by atoms with Crippen LogP contribution in [0.3, 0.4) is 0 Å². The van der Waals surface area contributed by atoms with Gasteiger partial charge in [0, 0.05) is 50.2 Å². The van der Waals surface area contributed by atoms with E-state index in [4.69, 9.17) is 4.74 Å². The first-order chi connectivity index (χ1) is 13.4. The van der Waals surface area contributed by atoms with Gasteiger partial charge >= 0.3 is 5.97 Å². The van der Waals surface area contributed by atoms with Gasteiger partial charge in [0.1, 0.15) is 6.10 Å². The van der Waals surface area contributed by atoms with Crippen LogP contribution in [0.25, 0.3) is 10.9 Å². The Morgan fingerprint density at radius 3 is 2.68 bits per heavy atom. The minimum atomic E-state index is -0.392. The zero-order valence-electron chi connectivity index (χ0n) is 17.0. The fraction of sp³-hybridized carbons (Fsp3) is 0.545. The number of carbonyl (C=O) groups excluding carboxylic acids is 2. The lowest BCUT2D eigenvalue weighted by Gasteiger charge is -2.36. The summed E-state index contributed by atoms with van der Waals surface area (Å²) in [6.45, 7) is 2.03. The third-order valence-electron chi connectivity index (χ3n) is 6.29. The molecule has 2 fully saturated rings. The Morgan fingerprint density at radius 1 is 1.25 bits per heavy atom. The Labute approximate surface area is 166 Å². The van der Waals surface area contributed by atoms with Gasteiger partial charge in [0.25, 0.3) is 0 Å². The van der Waals surface area contributed by atoms with Crippen LogP contribution < -0.4 is 0 Å². The van der Waals surface area contributed by atoms with Gasteiger partial charge in [-0.1, -0.05) is 18.2 Å². The second-order valence-electron chi connectivity index (χ2n) is 8.61. The fourth-order valence-electron chi connectivity index (χ4n) is 4.78. The number of aromatic nitrogens is 1. The van der Waals surface area contributed by atoms with Gasteiger partial charge in [0.15, 0.2) is 0 Å². The molecule has 1 atom stereocenters. The van der Waals surface area contributed by atoms with Crippen molar-refractivity contribution in [1.82, 2.24) is 14.4 Å². The lowest BCUT2D eigenvalue weighted by molar-refractivity contribution is -0.152. The molecule has 2 aliphatic heterocycles. The van der Waals surface area contributed by atoms with Crippen LogP contribution in [-0.2, 0) is 27.8 Å². The van der Waals surface area contributed by atoms with Gasteiger partial charge in [-0.15, -0.1) is 0 Å². The SMILES string of the molecule is CN(C)CC1CC2(CCN(C(=O)Cc3cn(C)c4ccccc34)CC2)C(=O)O1. The first-order valence-corrected chi connectivity index (χ1v) is 10.0. The number of likely N-dealkylation sites (tertiary alicyclic amines) is 1. The number of esters is 1. The van der Waals surface area contributed by atoms with E-state index in [9.17, 15) is 9.59 Å². The highest BCUT2D eigenvalue weighted by atomic mass is 16.6. The number of likely N-dealkylation sites (N-methyl/N-ethyl adjacent to an activating group) is 1. The van der Waals surface area contributed by atoms with Crippen LogP contribution in [-0.4, -0.2) is 66.1 Å². The highest BCUT2D eigenvalue weighted by Gasteiger charge is 2.50. The summed E-state index contributed by atoms with van der Waals surface area (Å²) in [5.41, 5.74) is 1.81. The minimum Gasteiger partial charge on any atom is -0.461 e. The first kappa shape index (κ1) is 19.0. The van der Waals surface area contributed by atoms with Gasteiger partial charge in [-0.05, 0) is 38.6 Å². The zero-order valence-corrected chi connectivity index (χ0v) is 17.0. The second-order valence-corrected chi connectivity index (χ2v) is 8.61. The fourth-order valence-corrected chi connectivity index (χ4v) is 4.78. The van der Waals surface area contributed by atoms with E-state index < -0.39 is 5.41 Å². The van der Waals surface area contributed by atoms with Crippen molar-refractivity contribution >= 4 is 22.8 Å². The monoisotopic (exact) mass is 383 g/mol. The van der Waals surface area contributed by atoms with Gasteiger partial charge in [-0.25, -0.2) is 0 Å². The minimum absolute atomic E-state index is 0.0274. The van der Waals surface area contributed by atoms with Crippen LogP contribution in [0.1, 0.15) is 24.8 Å². The number of hydrogen-bond acceptors (Lipinski definition) is 4. The number of aryl methyl sites for hydroxylation is 1. The summed E-state index contributed by atoms with van der Waals surface area (Å²) in [4.78, 5) is 29.4. The number of carbonyl (C=O) groups is 2. The number of ether oxygens (including phenoxy) is 1. The quantitative estimate of drug-likeness (QED) is 0.760. The molecule has 2 aliphatic rings. The van der Waals surface area contributed by atoms with E-state index >= 15 is 0 Å². The van der Waals surface area contributed by atoms with Crippen LogP contribution in [0, 0.1) is 5.41 Å². The van der Waals surface area contributed by atoms with E-state index in [0.717, 1.165) is 29.4 Å². The second kappa shape index (κ2) is 7.24. The normalized spacial score (nSPS) is 21.6. The molecule has 2 saturated heterocycles. The molecular weight excluding hydrogens is 354 g/mol. The van der Waals surface area contributed by atoms with Crippen LogP contribution in [0.5, 0.6) is 0 Å². The van der Waals surface area contributed by atoms with Gasteiger partial charge in [-0.2, -0.15) is 0 Å². The standard InChI is InChI=1S/C22H29N3O3/c1-23(2)15-17-13-22(21(27)28-17)8-10-25(11-9-22)20(26)12-16-14-24(3)19-7-5-4-6-18(16)19/h4-7,14,17H,8-13,15H2,1-3H3. The number of benzene rings is 1. The molecule has 4 rings (SSSR count).